The van der Waals surface area contributed by atoms with Gasteiger partial charge in [0.2, 0.25) is 0 Å². The van der Waals surface area contributed by atoms with Crippen LogP contribution in [0.15, 0.2) is 0 Å². The quantitative estimate of drug-likeness (QED) is 0.873. The largest absolute Gasteiger partial charge is 0.476 e. The lowest BCUT2D eigenvalue weighted by Crippen LogP contribution is -2.18. The average molecular weight is 235 g/mol. The zero-order valence-electron chi connectivity index (χ0n) is 9.80. The van der Waals surface area contributed by atoms with E-state index < -0.39 is 5.97 Å². The molecule has 0 unspecified atom stereocenters. The third kappa shape index (κ3) is 1.73. The number of hydrogen-bond donors (Lipinski definition) is 1. The van der Waals surface area contributed by atoms with Crippen molar-refractivity contribution in [1.82, 2.24) is 15.0 Å². The van der Waals surface area contributed by atoms with E-state index in [-0.39, 0.29) is 6.04 Å². The van der Waals surface area contributed by atoms with E-state index in [1.165, 1.54) is 19.3 Å². The van der Waals surface area contributed by atoms with Crippen molar-refractivity contribution in [3.05, 3.63) is 11.4 Å². The molecule has 1 N–H and O–H groups in total. The van der Waals surface area contributed by atoms with Crippen LogP contribution in [0.5, 0.6) is 0 Å². The lowest BCUT2D eigenvalue weighted by molar-refractivity contribution is 0.0677. The van der Waals surface area contributed by atoms with E-state index >= 15 is 0 Å². The number of aromatic nitrogens is 3. The van der Waals surface area contributed by atoms with Gasteiger partial charge in [-0.15, -0.1) is 5.10 Å². The minimum Gasteiger partial charge on any atom is -0.476 e. The summed E-state index contributed by atoms with van der Waals surface area (Å²) in [7, 11) is 0. The number of hydrogen-bond acceptors (Lipinski definition) is 3. The minimum absolute atomic E-state index is 0.252. The molecule has 0 aromatic carbocycles. The van der Waals surface area contributed by atoms with Crippen molar-refractivity contribution < 1.29 is 9.90 Å². The van der Waals surface area contributed by atoms with E-state index in [0.717, 1.165) is 31.4 Å². The Bertz CT molecular complexity index is 431. The number of carboxylic acid groups (broad SMARTS) is 1. The van der Waals surface area contributed by atoms with Crippen LogP contribution in [0, 0.1) is 0 Å². The summed E-state index contributed by atoms with van der Waals surface area (Å²) in [5.41, 5.74) is 1.07. The van der Waals surface area contributed by atoms with Crippen LogP contribution in [0.25, 0.3) is 0 Å². The molecular formula is C12H17N3O2. The van der Waals surface area contributed by atoms with Crippen LogP contribution < -0.4 is 0 Å². The first kappa shape index (κ1) is 10.7. The fraction of sp³-hybridized carbons (Fsp3) is 0.750. The Balaban J connectivity index is 1.96. The first-order valence-electron chi connectivity index (χ1n) is 6.45. The van der Waals surface area contributed by atoms with Crippen molar-refractivity contribution in [3.8, 4) is 0 Å². The summed E-state index contributed by atoms with van der Waals surface area (Å²) >= 11 is 0. The highest BCUT2D eigenvalue weighted by atomic mass is 16.4. The molecule has 2 fully saturated rings. The highest BCUT2D eigenvalue weighted by Crippen LogP contribution is 2.38. The number of carboxylic acids is 1. The molecule has 2 aliphatic carbocycles. The molecule has 0 atom stereocenters. The standard InChI is InChI=1S/C12H17N3O2/c16-12(17)11-10(8-4-3-5-8)13-14-15(11)9-6-1-2-7-9/h8-9H,1-7H2,(H,16,17). The highest BCUT2D eigenvalue weighted by molar-refractivity contribution is 5.87. The lowest BCUT2D eigenvalue weighted by Gasteiger charge is -2.23. The topological polar surface area (TPSA) is 68.0 Å². The van der Waals surface area contributed by atoms with E-state index in [1.54, 1.807) is 4.68 Å². The SMILES string of the molecule is O=C(O)c1c(C2CCC2)nnn1C1CCCC1. The number of aromatic carboxylic acids is 1. The predicted octanol–water partition coefficient (Wildman–Crippen LogP) is 2.36. The number of nitrogens with zero attached hydrogens (tertiary/aromatic N) is 3. The van der Waals surface area contributed by atoms with E-state index in [0.29, 0.717) is 11.6 Å². The van der Waals surface area contributed by atoms with Crippen molar-refractivity contribution in [2.75, 3.05) is 0 Å². The molecule has 3 rings (SSSR count). The summed E-state index contributed by atoms with van der Waals surface area (Å²) in [6, 6.07) is 0.252. The summed E-state index contributed by atoms with van der Waals surface area (Å²) in [5, 5.41) is 17.6. The van der Waals surface area contributed by atoms with Crippen molar-refractivity contribution in [3.63, 3.8) is 0 Å². The Morgan fingerprint density at radius 2 is 1.88 bits per heavy atom. The van der Waals surface area contributed by atoms with E-state index in [2.05, 4.69) is 10.3 Å². The summed E-state index contributed by atoms with van der Waals surface area (Å²) in [5.74, 6) is -0.542. The fourth-order valence-electron chi connectivity index (χ4n) is 2.87. The zero-order valence-corrected chi connectivity index (χ0v) is 9.80. The van der Waals surface area contributed by atoms with Gasteiger partial charge in [-0.3, -0.25) is 0 Å². The molecule has 1 heterocycles. The van der Waals surface area contributed by atoms with Crippen LogP contribution in [0.3, 0.4) is 0 Å². The van der Waals surface area contributed by atoms with Gasteiger partial charge < -0.3 is 5.11 Å². The molecule has 1 aromatic heterocycles. The predicted molar refractivity (Wildman–Crippen MR) is 61.1 cm³/mol. The van der Waals surface area contributed by atoms with Gasteiger partial charge in [0.1, 0.15) is 5.69 Å². The van der Waals surface area contributed by atoms with Crippen LogP contribution in [-0.4, -0.2) is 26.1 Å². The van der Waals surface area contributed by atoms with Gasteiger partial charge in [0.05, 0.1) is 6.04 Å². The van der Waals surface area contributed by atoms with Crippen LogP contribution in [0.2, 0.25) is 0 Å². The molecule has 0 aliphatic heterocycles. The summed E-state index contributed by atoms with van der Waals surface area (Å²) in [6.45, 7) is 0. The smallest absolute Gasteiger partial charge is 0.356 e. The number of carbonyl (C=O) groups is 1. The highest BCUT2D eigenvalue weighted by Gasteiger charge is 2.32. The molecule has 0 amide bonds. The molecule has 5 nitrogen and oxygen atoms in total. The van der Waals surface area contributed by atoms with Gasteiger partial charge in [-0.05, 0) is 25.7 Å². The second-order valence-electron chi connectivity index (χ2n) is 5.14. The van der Waals surface area contributed by atoms with E-state index in [4.69, 9.17) is 0 Å². The molecule has 17 heavy (non-hydrogen) atoms. The van der Waals surface area contributed by atoms with Crippen LogP contribution in [-0.2, 0) is 0 Å². The van der Waals surface area contributed by atoms with Gasteiger partial charge in [-0.25, -0.2) is 9.48 Å². The van der Waals surface area contributed by atoms with Crippen LogP contribution in [0.4, 0.5) is 0 Å². The molecule has 0 spiro atoms. The maximum Gasteiger partial charge on any atom is 0.356 e. The summed E-state index contributed by atoms with van der Waals surface area (Å²) < 4.78 is 1.67. The van der Waals surface area contributed by atoms with Crippen molar-refractivity contribution >= 4 is 5.97 Å². The Morgan fingerprint density at radius 3 is 2.41 bits per heavy atom. The lowest BCUT2D eigenvalue weighted by atomic mass is 9.82. The first-order valence-corrected chi connectivity index (χ1v) is 6.45. The number of rotatable bonds is 3. The third-order valence-electron chi connectivity index (χ3n) is 4.09. The van der Waals surface area contributed by atoms with E-state index in [9.17, 15) is 9.90 Å². The molecule has 2 saturated carbocycles. The minimum atomic E-state index is -0.871. The molecule has 0 radical (unpaired) electrons. The Labute approximate surface area is 99.8 Å². The normalized spacial score (nSPS) is 21.6. The van der Waals surface area contributed by atoms with Gasteiger partial charge >= 0.3 is 5.97 Å². The van der Waals surface area contributed by atoms with Gasteiger partial charge in [-0.1, -0.05) is 24.5 Å². The molecule has 2 aliphatic rings. The molecule has 0 saturated heterocycles. The fourth-order valence-corrected chi connectivity index (χ4v) is 2.87. The summed E-state index contributed by atoms with van der Waals surface area (Å²) in [4.78, 5) is 11.4. The van der Waals surface area contributed by atoms with Gasteiger partial charge in [0, 0.05) is 5.92 Å². The third-order valence-corrected chi connectivity index (χ3v) is 4.09. The van der Waals surface area contributed by atoms with Crippen LogP contribution in [0.1, 0.15) is 73.1 Å². The zero-order chi connectivity index (χ0) is 11.8. The monoisotopic (exact) mass is 235 g/mol. The Morgan fingerprint density at radius 1 is 1.18 bits per heavy atom. The van der Waals surface area contributed by atoms with E-state index in [1.807, 2.05) is 0 Å². The first-order chi connectivity index (χ1) is 8.27. The van der Waals surface area contributed by atoms with Gasteiger partial charge in [-0.2, -0.15) is 0 Å². The average Bonchev–Trinajstić information content (AvgIpc) is 2.80. The van der Waals surface area contributed by atoms with Crippen molar-refractivity contribution in [2.24, 2.45) is 0 Å². The molecule has 1 aromatic rings. The van der Waals surface area contributed by atoms with Gasteiger partial charge in [0.15, 0.2) is 5.69 Å². The maximum atomic E-state index is 11.4. The van der Waals surface area contributed by atoms with Crippen LogP contribution >= 0.6 is 0 Å². The van der Waals surface area contributed by atoms with Crippen molar-refractivity contribution in [2.45, 2.75) is 56.9 Å². The molecule has 0 bridgehead atoms. The Hall–Kier alpha value is -1.39. The summed E-state index contributed by atoms with van der Waals surface area (Å²) in [6.07, 6.45) is 7.71. The molecule has 92 valence electrons. The molecule has 5 heteroatoms. The van der Waals surface area contributed by atoms with Crippen molar-refractivity contribution in [1.29, 1.82) is 0 Å². The Kier molecular flexibility index (Phi) is 2.61. The van der Waals surface area contributed by atoms with Gasteiger partial charge in [0.25, 0.3) is 0 Å². The maximum absolute atomic E-state index is 11.4. The second kappa shape index (κ2) is 4.13. The second-order valence-corrected chi connectivity index (χ2v) is 5.14. The molecular weight excluding hydrogens is 218 g/mol.